The van der Waals surface area contributed by atoms with E-state index in [-0.39, 0.29) is 18.6 Å². The molecule has 0 spiro atoms. The van der Waals surface area contributed by atoms with Gasteiger partial charge in [-0.3, -0.25) is 4.57 Å². The fourth-order valence-corrected chi connectivity index (χ4v) is 4.46. The summed E-state index contributed by atoms with van der Waals surface area (Å²) in [6.45, 7) is 4.55. The second-order valence-electron chi connectivity index (χ2n) is 6.46. The van der Waals surface area contributed by atoms with Crippen molar-refractivity contribution in [2.45, 2.75) is 19.9 Å². The number of nitrogens with one attached hydrogen (secondary N) is 1. The molecule has 0 fully saturated rings. The molecule has 0 aliphatic carbocycles. The van der Waals surface area contributed by atoms with Gasteiger partial charge in [0, 0.05) is 17.7 Å². The molecule has 0 saturated heterocycles. The first-order valence-corrected chi connectivity index (χ1v) is 9.64. The van der Waals surface area contributed by atoms with Crippen molar-refractivity contribution < 1.29 is 14.3 Å². The van der Waals surface area contributed by atoms with Gasteiger partial charge < -0.3 is 14.8 Å². The van der Waals surface area contributed by atoms with E-state index < -0.39 is 0 Å². The minimum Gasteiger partial charge on any atom is -0.460 e. The third-order valence-electron chi connectivity index (χ3n) is 4.72. The van der Waals surface area contributed by atoms with Crippen molar-refractivity contribution in [3.8, 4) is 0 Å². The zero-order valence-corrected chi connectivity index (χ0v) is 16.3. The lowest BCUT2D eigenvalue weighted by Gasteiger charge is -2.29. The van der Waals surface area contributed by atoms with Crippen LogP contribution in [0.2, 0.25) is 0 Å². The van der Waals surface area contributed by atoms with Gasteiger partial charge in [0.05, 0.1) is 23.2 Å². The predicted octanol–water partition coefficient (Wildman–Crippen LogP) is 3.88. The number of esters is 1. The highest BCUT2D eigenvalue weighted by Gasteiger charge is 2.36. The molecule has 140 valence electrons. The maximum atomic E-state index is 13.0. The lowest BCUT2D eigenvalue weighted by molar-refractivity contribution is -0.140. The van der Waals surface area contributed by atoms with Gasteiger partial charge in [0.15, 0.2) is 0 Å². The summed E-state index contributed by atoms with van der Waals surface area (Å²) >= 11 is 1.64. The Bertz CT molecular complexity index is 1030. The number of carbonyl (C=O) groups excluding carboxylic acids is 1. The van der Waals surface area contributed by atoms with Crippen LogP contribution < -0.4 is 5.32 Å². The number of rotatable bonds is 5. The number of anilines is 1. The van der Waals surface area contributed by atoms with Crippen molar-refractivity contribution >= 4 is 34.3 Å². The van der Waals surface area contributed by atoms with Crippen LogP contribution in [0.3, 0.4) is 0 Å². The topological polar surface area (TPSA) is 65.4 Å². The van der Waals surface area contributed by atoms with Gasteiger partial charge in [0.2, 0.25) is 5.95 Å². The largest absolute Gasteiger partial charge is 0.460 e. The quantitative estimate of drug-likeness (QED) is 0.535. The van der Waals surface area contributed by atoms with E-state index in [4.69, 9.17) is 14.5 Å². The molecule has 2 aromatic heterocycles. The van der Waals surface area contributed by atoms with Gasteiger partial charge in [-0.15, -0.1) is 11.3 Å². The minimum atomic E-state index is -0.335. The number of carbonyl (C=O) groups is 1. The average Bonchev–Trinajstić information content (AvgIpc) is 3.23. The van der Waals surface area contributed by atoms with Crippen molar-refractivity contribution in [1.29, 1.82) is 0 Å². The Morgan fingerprint density at radius 3 is 2.81 bits per heavy atom. The molecule has 1 N–H and O–H groups in total. The van der Waals surface area contributed by atoms with Crippen LogP contribution >= 0.6 is 11.3 Å². The summed E-state index contributed by atoms with van der Waals surface area (Å²) in [6.07, 6.45) is 0. The van der Waals surface area contributed by atoms with Crippen LogP contribution in [0.4, 0.5) is 5.95 Å². The number of hydrogen-bond donors (Lipinski definition) is 1. The first-order chi connectivity index (χ1) is 13.1. The Labute approximate surface area is 161 Å². The van der Waals surface area contributed by atoms with E-state index in [1.54, 1.807) is 18.4 Å². The van der Waals surface area contributed by atoms with Crippen LogP contribution in [0.25, 0.3) is 11.0 Å². The number of fused-ring (bicyclic) bond motifs is 3. The molecular formula is C20H21N3O3S. The number of imidazole rings is 1. The van der Waals surface area contributed by atoms with Gasteiger partial charge in [-0.25, -0.2) is 9.78 Å². The molecular weight excluding hydrogens is 362 g/mol. The lowest BCUT2D eigenvalue weighted by Crippen LogP contribution is -2.29. The van der Waals surface area contributed by atoms with Crippen molar-refractivity contribution in [2.75, 3.05) is 25.6 Å². The fraction of sp³-hybridized carbons (Fsp3) is 0.300. The van der Waals surface area contributed by atoms with Crippen molar-refractivity contribution in [1.82, 2.24) is 9.55 Å². The Balaban J connectivity index is 1.87. The van der Waals surface area contributed by atoms with Gasteiger partial charge in [0.25, 0.3) is 0 Å². The Hall–Kier alpha value is -2.64. The maximum absolute atomic E-state index is 13.0. The summed E-state index contributed by atoms with van der Waals surface area (Å²) in [5.41, 5.74) is 4.38. The number of benzene rings is 1. The number of hydrogen-bond acceptors (Lipinski definition) is 6. The molecule has 1 aliphatic rings. The van der Waals surface area contributed by atoms with Gasteiger partial charge in [-0.2, -0.15) is 0 Å². The lowest BCUT2D eigenvalue weighted by atomic mass is 9.99. The molecule has 0 amide bonds. The van der Waals surface area contributed by atoms with E-state index >= 15 is 0 Å². The van der Waals surface area contributed by atoms with E-state index in [9.17, 15) is 4.79 Å². The Morgan fingerprint density at radius 1 is 1.26 bits per heavy atom. The number of aryl methyl sites for hydroxylation is 1. The molecule has 1 unspecified atom stereocenters. The molecule has 7 heteroatoms. The molecule has 27 heavy (non-hydrogen) atoms. The van der Waals surface area contributed by atoms with Gasteiger partial charge in [-0.1, -0.05) is 12.1 Å². The molecule has 0 saturated carbocycles. The van der Waals surface area contributed by atoms with Crippen LogP contribution in [0.1, 0.15) is 23.4 Å². The van der Waals surface area contributed by atoms with E-state index in [2.05, 4.69) is 28.3 Å². The number of ether oxygens (including phenoxy) is 2. The molecule has 0 radical (unpaired) electrons. The third-order valence-corrected chi connectivity index (χ3v) is 5.79. The average molecular weight is 383 g/mol. The Kier molecular flexibility index (Phi) is 4.72. The SMILES string of the molecule is COCCOC(=O)C1=C(C)Nc2nc3ccccc3n2C1c1sccc1C. The zero-order chi connectivity index (χ0) is 19.0. The second kappa shape index (κ2) is 7.17. The first kappa shape index (κ1) is 17.8. The number of thiophene rings is 1. The van der Waals surface area contributed by atoms with E-state index in [1.807, 2.05) is 31.2 Å². The van der Waals surface area contributed by atoms with Gasteiger partial charge in [0.1, 0.15) is 12.6 Å². The molecule has 0 bridgehead atoms. The highest BCUT2D eigenvalue weighted by Crippen LogP contribution is 2.42. The molecule has 1 aliphatic heterocycles. The van der Waals surface area contributed by atoms with Crippen LogP contribution in [-0.2, 0) is 14.3 Å². The summed E-state index contributed by atoms with van der Waals surface area (Å²) in [5.74, 6) is 0.401. The molecule has 3 heterocycles. The summed E-state index contributed by atoms with van der Waals surface area (Å²) in [4.78, 5) is 18.8. The van der Waals surface area contributed by atoms with E-state index in [0.717, 1.165) is 33.1 Å². The number of para-hydroxylation sites is 2. The van der Waals surface area contributed by atoms with Crippen molar-refractivity contribution in [3.05, 3.63) is 57.4 Å². The molecule has 4 rings (SSSR count). The van der Waals surface area contributed by atoms with E-state index in [1.165, 1.54) is 0 Å². The maximum Gasteiger partial charge on any atom is 0.338 e. The van der Waals surface area contributed by atoms with E-state index in [0.29, 0.717) is 12.2 Å². The molecule has 6 nitrogen and oxygen atoms in total. The predicted molar refractivity (Wildman–Crippen MR) is 106 cm³/mol. The zero-order valence-electron chi connectivity index (χ0n) is 15.5. The second-order valence-corrected chi connectivity index (χ2v) is 7.40. The monoisotopic (exact) mass is 383 g/mol. The van der Waals surface area contributed by atoms with Crippen LogP contribution in [0, 0.1) is 6.92 Å². The molecule has 3 aromatic rings. The number of aromatic nitrogens is 2. The van der Waals surface area contributed by atoms with Crippen molar-refractivity contribution in [2.24, 2.45) is 0 Å². The third kappa shape index (κ3) is 3.02. The normalized spacial score (nSPS) is 16.3. The number of nitrogens with zero attached hydrogens (tertiary/aromatic N) is 2. The molecule has 1 atom stereocenters. The van der Waals surface area contributed by atoms with Crippen molar-refractivity contribution in [3.63, 3.8) is 0 Å². The summed E-state index contributed by atoms with van der Waals surface area (Å²) < 4.78 is 12.6. The molecule has 1 aromatic carbocycles. The summed E-state index contributed by atoms with van der Waals surface area (Å²) in [5, 5.41) is 5.34. The number of allylic oxidation sites excluding steroid dienone is 1. The minimum absolute atomic E-state index is 0.222. The Morgan fingerprint density at radius 2 is 2.07 bits per heavy atom. The van der Waals surface area contributed by atoms with Crippen LogP contribution in [-0.4, -0.2) is 35.8 Å². The summed E-state index contributed by atoms with van der Waals surface area (Å²) in [7, 11) is 1.59. The van der Waals surface area contributed by atoms with Crippen LogP contribution in [0.15, 0.2) is 47.0 Å². The summed E-state index contributed by atoms with van der Waals surface area (Å²) in [6, 6.07) is 9.75. The smallest absolute Gasteiger partial charge is 0.338 e. The highest BCUT2D eigenvalue weighted by molar-refractivity contribution is 7.10. The fourth-order valence-electron chi connectivity index (χ4n) is 3.44. The van der Waals surface area contributed by atoms with Gasteiger partial charge >= 0.3 is 5.97 Å². The highest BCUT2D eigenvalue weighted by atomic mass is 32.1. The van der Waals surface area contributed by atoms with Gasteiger partial charge in [-0.05, 0) is 43.0 Å². The first-order valence-electron chi connectivity index (χ1n) is 8.76. The van der Waals surface area contributed by atoms with Crippen LogP contribution in [0.5, 0.6) is 0 Å². The standard InChI is InChI=1S/C20H21N3O3S/c1-12-8-11-27-18(12)17-16(19(24)26-10-9-25-3)13(2)21-20-22-14-6-4-5-7-15(14)23(17)20/h4-8,11,17H,9-10H2,1-3H3,(H,21,22). The number of methoxy groups -OCH3 is 1.